The zero-order valence-corrected chi connectivity index (χ0v) is 16.6. The largest absolute Gasteiger partial charge is 0.438 e. The molecule has 1 aliphatic heterocycles. The van der Waals surface area contributed by atoms with E-state index in [0.29, 0.717) is 24.3 Å². The van der Waals surface area contributed by atoms with E-state index in [9.17, 15) is 18.0 Å². The molecule has 1 saturated heterocycles. The standard InChI is InChI=1S/C20H21F3N6O2/c1-10-4-12(24)9-29(8-10)14-2-3-26-7-13(14)28-19(30)16-17-15(31-18(16)25)5-11(6-27-17)20(21,22)23/h2-3,5-7,10,12H,4,8-9,24-25H2,1H3,(H,28,30). The molecule has 4 rings (SSSR count). The van der Waals surface area contributed by atoms with E-state index in [1.807, 2.05) is 0 Å². The molecule has 2 atom stereocenters. The van der Waals surface area contributed by atoms with Crippen molar-refractivity contribution in [2.45, 2.75) is 25.6 Å². The minimum Gasteiger partial charge on any atom is -0.438 e. The van der Waals surface area contributed by atoms with Crippen molar-refractivity contribution < 1.29 is 22.4 Å². The Kier molecular flexibility index (Phi) is 5.21. The number of carbonyl (C=O) groups excluding carboxylic acids is 1. The Balaban J connectivity index is 1.65. The molecule has 164 valence electrons. The van der Waals surface area contributed by atoms with E-state index in [1.165, 1.54) is 6.20 Å². The van der Waals surface area contributed by atoms with Crippen molar-refractivity contribution in [3.05, 3.63) is 41.9 Å². The fourth-order valence-electron chi connectivity index (χ4n) is 3.91. The lowest BCUT2D eigenvalue weighted by Crippen LogP contribution is -2.46. The third-order valence-electron chi connectivity index (χ3n) is 5.19. The molecule has 5 N–H and O–H groups in total. The number of nitrogens with two attached hydrogens (primary N) is 2. The third-order valence-corrected chi connectivity index (χ3v) is 5.19. The molecule has 3 aromatic rings. The molecule has 1 amide bonds. The molecule has 1 fully saturated rings. The molecular formula is C20H21F3N6O2. The molecule has 2 unspecified atom stereocenters. The first-order valence-electron chi connectivity index (χ1n) is 9.64. The van der Waals surface area contributed by atoms with Crippen molar-refractivity contribution in [3.63, 3.8) is 0 Å². The van der Waals surface area contributed by atoms with Gasteiger partial charge in [-0.1, -0.05) is 6.92 Å². The van der Waals surface area contributed by atoms with Crippen LogP contribution in [0.2, 0.25) is 0 Å². The average molecular weight is 434 g/mol. The van der Waals surface area contributed by atoms with Crippen molar-refractivity contribution in [2.24, 2.45) is 11.7 Å². The molecule has 0 saturated carbocycles. The van der Waals surface area contributed by atoms with Crippen LogP contribution >= 0.6 is 0 Å². The first kappa shape index (κ1) is 20.9. The smallest absolute Gasteiger partial charge is 0.418 e. The zero-order chi connectivity index (χ0) is 22.3. The number of halogens is 3. The van der Waals surface area contributed by atoms with Crippen LogP contribution in [0.25, 0.3) is 11.1 Å². The number of rotatable bonds is 3. The van der Waals surface area contributed by atoms with Gasteiger partial charge in [-0.2, -0.15) is 13.2 Å². The van der Waals surface area contributed by atoms with Gasteiger partial charge in [0, 0.05) is 31.5 Å². The molecule has 1 aliphatic rings. The molecule has 0 radical (unpaired) electrons. The van der Waals surface area contributed by atoms with Crippen molar-refractivity contribution in [2.75, 3.05) is 29.0 Å². The number of alkyl halides is 3. The van der Waals surface area contributed by atoms with Crippen LogP contribution in [0.1, 0.15) is 29.3 Å². The second kappa shape index (κ2) is 7.73. The summed E-state index contributed by atoms with van der Waals surface area (Å²) in [6.45, 7) is 3.49. The van der Waals surface area contributed by atoms with Gasteiger partial charge >= 0.3 is 6.18 Å². The van der Waals surface area contributed by atoms with Crippen molar-refractivity contribution in [1.29, 1.82) is 0 Å². The summed E-state index contributed by atoms with van der Waals surface area (Å²) in [6.07, 6.45) is 0.0536. The lowest BCUT2D eigenvalue weighted by atomic mass is 9.96. The molecule has 4 heterocycles. The first-order chi connectivity index (χ1) is 14.6. The highest BCUT2D eigenvalue weighted by Gasteiger charge is 2.33. The highest BCUT2D eigenvalue weighted by Crippen LogP contribution is 2.35. The van der Waals surface area contributed by atoms with E-state index in [1.54, 1.807) is 12.3 Å². The van der Waals surface area contributed by atoms with Crippen molar-refractivity contribution >= 4 is 34.3 Å². The van der Waals surface area contributed by atoms with Gasteiger partial charge < -0.3 is 26.1 Å². The number of nitrogen functional groups attached to an aromatic ring is 1. The SMILES string of the molecule is CC1CC(N)CN(c2ccncc2NC(=O)c2c(N)oc3cc(C(F)(F)F)cnc23)C1. The van der Waals surface area contributed by atoms with Gasteiger partial charge in [0.05, 0.1) is 23.1 Å². The van der Waals surface area contributed by atoms with Crippen LogP contribution in [0.4, 0.5) is 30.4 Å². The summed E-state index contributed by atoms with van der Waals surface area (Å²) in [5.74, 6) is -0.605. The Morgan fingerprint density at radius 1 is 1.32 bits per heavy atom. The van der Waals surface area contributed by atoms with Crippen LogP contribution in [0.5, 0.6) is 0 Å². The Morgan fingerprint density at radius 3 is 2.81 bits per heavy atom. The topological polar surface area (TPSA) is 123 Å². The van der Waals surface area contributed by atoms with Gasteiger partial charge in [-0.3, -0.25) is 14.8 Å². The Bertz CT molecular complexity index is 1120. The van der Waals surface area contributed by atoms with Gasteiger partial charge in [-0.15, -0.1) is 0 Å². The van der Waals surface area contributed by atoms with Crippen LogP contribution in [0.3, 0.4) is 0 Å². The number of pyridine rings is 2. The normalized spacial score (nSPS) is 19.6. The molecule has 11 heteroatoms. The number of nitrogens with one attached hydrogen (secondary N) is 1. The highest BCUT2D eigenvalue weighted by atomic mass is 19.4. The van der Waals surface area contributed by atoms with Crippen molar-refractivity contribution in [1.82, 2.24) is 9.97 Å². The number of piperidine rings is 1. The summed E-state index contributed by atoms with van der Waals surface area (Å²) in [4.78, 5) is 22.9. The minimum atomic E-state index is -4.60. The Labute approximate surface area is 175 Å². The fourth-order valence-corrected chi connectivity index (χ4v) is 3.91. The third kappa shape index (κ3) is 4.13. The Hall–Kier alpha value is -3.34. The number of fused-ring (bicyclic) bond motifs is 1. The fraction of sp³-hybridized carbons (Fsp3) is 0.350. The van der Waals surface area contributed by atoms with Gasteiger partial charge in [0.1, 0.15) is 11.1 Å². The minimum absolute atomic E-state index is 0.000886. The molecule has 0 aromatic carbocycles. The summed E-state index contributed by atoms with van der Waals surface area (Å²) in [5, 5.41) is 2.73. The van der Waals surface area contributed by atoms with E-state index < -0.39 is 17.6 Å². The number of amides is 1. The number of anilines is 3. The summed E-state index contributed by atoms with van der Waals surface area (Å²) >= 11 is 0. The first-order valence-corrected chi connectivity index (χ1v) is 9.64. The number of hydrogen-bond donors (Lipinski definition) is 3. The van der Waals surface area contributed by atoms with E-state index >= 15 is 0 Å². The lowest BCUT2D eigenvalue weighted by Gasteiger charge is -2.37. The van der Waals surface area contributed by atoms with E-state index in [-0.39, 0.29) is 28.6 Å². The monoisotopic (exact) mass is 434 g/mol. The van der Waals surface area contributed by atoms with Gasteiger partial charge in [-0.25, -0.2) is 0 Å². The van der Waals surface area contributed by atoms with Gasteiger partial charge in [0.2, 0.25) is 5.88 Å². The number of nitrogens with zero attached hydrogens (tertiary/aromatic N) is 3. The average Bonchev–Trinajstić information content (AvgIpc) is 3.02. The van der Waals surface area contributed by atoms with Crippen LogP contribution in [-0.4, -0.2) is 35.0 Å². The number of furan rings is 1. The predicted octanol–water partition coefficient (Wildman–Crippen LogP) is 3.25. The molecule has 0 bridgehead atoms. The number of aromatic nitrogens is 2. The Morgan fingerprint density at radius 2 is 2.10 bits per heavy atom. The number of hydrogen-bond acceptors (Lipinski definition) is 7. The van der Waals surface area contributed by atoms with E-state index in [2.05, 4.69) is 27.1 Å². The van der Waals surface area contributed by atoms with Crippen LogP contribution in [-0.2, 0) is 6.18 Å². The maximum atomic E-state index is 13.0. The summed E-state index contributed by atoms with van der Waals surface area (Å²) in [5.41, 5.74) is 11.7. The molecule has 31 heavy (non-hydrogen) atoms. The van der Waals surface area contributed by atoms with Gasteiger partial charge in [0.15, 0.2) is 5.58 Å². The zero-order valence-electron chi connectivity index (χ0n) is 16.6. The van der Waals surface area contributed by atoms with Crippen LogP contribution < -0.4 is 21.7 Å². The summed E-state index contributed by atoms with van der Waals surface area (Å²) < 4.78 is 44.0. The predicted molar refractivity (Wildman–Crippen MR) is 110 cm³/mol. The van der Waals surface area contributed by atoms with Crippen molar-refractivity contribution in [3.8, 4) is 0 Å². The second-order valence-electron chi connectivity index (χ2n) is 7.76. The van der Waals surface area contributed by atoms with Crippen LogP contribution in [0, 0.1) is 5.92 Å². The summed E-state index contributed by atoms with van der Waals surface area (Å²) in [6, 6.07) is 2.54. The molecular weight excluding hydrogens is 413 g/mol. The molecule has 0 spiro atoms. The second-order valence-corrected chi connectivity index (χ2v) is 7.76. The van der Waals surface area contributed by atoms with Gasteiger partial charge in [-0.05, 0) is 24.5 Å². The lowest BCUT2D eigenvalue weighted by molar-refractivity contribution is -0.137. The maximum Gasteiger partial charge on any atom is 0.418 e. The molecule has 3 aromatic heterocycles. The maximum absolute atomic E-state index is 13.0. The van der Waals surface area contributed by atoms with Crippen LogP contribution in [0.15, 0.2) is 35.1 Å². The number of carbonyl (C=O) groups is 1. The van der Waals surface area contributed by atoms with E-state index in [4.69, 9.17) is 15.9 Å². The summed E-state index contributed by atoms with van der Waals surface area (Å²) in [7, 11) is 0. The molecule has 0 aliphatic carbocycles. The quantitative estimate of drug-likeness (QED) is 0.578. The molecule has 8 nitrogen and oxygen atoms in total. The highest BCUT2D eigenvalue weighted by molar-refractivity contribution is 6.15. The van der Waals surface area contributed by atoms with E-state index in [0.717, 1.165) is 24.7 Å². The van der Waals surface area contributed by atoms with Gasteiger partial charge in [0.25, 0.3) is 5.91 Å².